The Labute approximate surface area is 140 Å². The van der Waals surface area contributed by atoms with Gasteiger partial charge in [-0.2, -0.15) is 0 Å². The van der Waals surface area contributed by atoms with Crippen LogP contribution in [-0.2, 0) is 6.54 Å². The van der Waals surface area contributed by atoms with Crippen LogP contribution in [0.5, 0.6) is 0 Å². The SMILES string of the molecule is CN(Cc1nc2cccc(C(=O)O)c2[nH]1)C(=O)c1sccc1Cl. The summed E-state index contributed by atoms with van der Waals surface area (Å²) >= 11 is 7.25. The molecule has 3 aromatic rings. The van der Waals surface area contributed by atoms with Gasteiger partial charge < -0.3 is 15.0 Å². The highest BCUT2D eigenvalue weighted by atomic mass is 35.5. The molecule has 1 amide bonds. The van der Waals surface area contributed by atoms with Crippen molar-refractivity contribution in [2.75, 3.05) is 7.05 Å². The van der Waals surface area contributed by atoms with E-state index in [2.05, 4.69) is 9.97 Å². The van der Waals surface area contributed by atoms with Crippen molar-refractivity contribution in [1.29, 1.82) is 0 Å². The number of imidazole rings is 1. The summed E-state index contributed by atoms with van der Waals surface area (Å²) in [5.74, 6) is -0.721. The molecule has 3 rings (SSSR count). The number of hydrogen-bond acceptors (Lipinski definition) is 4. The molecule has 0 saturated heterocycles. The number of halogens is 1. The number of aromatic nitrogens is 2. The number of thiophene rings is 1. The number of carbonyl (C=O) groups excluding carboxylic acids is 1. The Hall–Kier alpha value is -2.38. The molecule has 0 unspecified atom stereocenters. The maximum absolute atomic E-state index is 12.3. The van der Waals surface area contributed by atoms with Crippen LogP contribution in [0, 0.1) is 0 Å². The fourth-order valence-corrected chi connectivity index (χ4v) is 3.38. The van der Waals surface area contributed by atoms with E-state index < -0.39 is 5.97 Å². The summed E-state index contributed by atoms with van der Waals surface area (Å²) in [7, 11) is 1.64. The van der Waals surface area contributed by atoms with Gasteiger partial charge in [0.25, 0.3) is 5.91 Å². The fraction of sp³-hybridized carbons (Fsp3) is 0.133. The van der Waals surface area contributed by atoms with Gasteiger partial charge in [-0.1, -0.05) is 17.7 Å². The molecule has 0 aliphatic carbocycles. The standard InChI is InChI=1S/C15H12ClN3O3S/c1-19(14(20)13-9(16)5-6-23-13)7-11-17-10-4-2-3-8(15(21)22)12(10)18-11/h2-6H,7H2,1H3,(H,17,18)(H,21,22). The molecule has 1 aromatic carbocycles. The molecule has 2 N–H and O–H groups in total. The van der Waals surface area contributed by atoms with Crippen LogP contribution < -0.4 is 0 Å². The van der Waals surface area contributed by atoms with Crippen LogP contribution in [0.3, 0.4) is 0 Å². The summed E-state index contributed by atoms with van der Waals surface area (Å²) in [6, 6.07) is 6.54. The average Bonchev–Trinajstić information content (AvgIpc) is 3.11. The summed E-state index contributed by atoms with van der Waals surface area (Å²) in [5.41, 5.74) is 1.15. The van der Waals surface area contributed by atoms with Crippen molar-refractivity contribution in [3.8, 4) is 0 Å². The smallest absolute Gasteiger partial charge is 0.337 e. The molecule has 0 aliphatic heterocycles. The maximum Gasteiger partial charge on any atom is 0.337 e. The number of nitrogens with zero attached hydrogens (tertiary/aromatic N) is 2. The molecule has 6 nitrogen and oxygen atoms in total. The molecular weight excluding hydrogens is 338 g/mol. The highest BCUT2D eigenvalue weighted by Gasteiger charge is 2.19. The largest absolute Gasteiger partial charge is 0.478 e. The second-order valence-corrected chi connectivity index (χ2v) is 6.27. The van der Waals surface area contributed by atoms with Crippen molar-refractivity contribution in [2.45, 2.75) is 6.54 Å². The number of aromatic amines is 1. The topological polar surface area (TPSA) is 86.3 Å². The van der Waals surface area contributed by atoms with Gasteiger partial charge in [-0.15, -0.1) is 11.3 Å². The van der Waals surface area contributed by atoms with Crippen LogP contribution in [0.4, 0.5) is 0 Å². The number of fused-ring (bicyclic) bond motifs is 1. The number of hydrogen-bond donors (Lipinski definition) is 2. The highest BCUT2D eigenvalue weighted by Crippen LogP contribution is 2.24. The molecule has 2 aromatic heterocycles. The van der Waals surface area contributed by atoms with Crippen molar-refractivity contribution in [2.24, 2.45) is 0 Å². The highest BCUT2D eigenvalue weighted by molar-refractivity contribution is 7.12. The van der Waals surface area contributed by atoms with Crippen molar-refractivity contribution in [3.63, 3.8) is 0 Å². The summed E-state index contributed by atoms with van der Waals surface area (Å²) in [4.78, 5) is 32.8. The van der Waals surface area contributed by atoms with Gasteiger partial charge in [0, 0.05) is 7.05 Å². The van der Waals surface area contributed by atoms with Gasteiger partial charge in [0.15, 0.2) is 0 Å². The molecule has 2 heterocycles. The lowest BCUT2D eigenvalue weighted by molar-refractivity contribution is 0.0697. The first-order chi connectivity index (χ1) is 11.0. The third-order valence-corrected chi connectivity index (χ3v) is 4.67. The molecule has 0 atom stereocenters. The monoisotopic (exact) mass is 349 g/mol. The molecule has 23 heavy (non-hydrogen) atoms. The fourth-order valence-electron chi connectivity index (χ4n) is 2.25. The van der Waals surface area contributed by atoms with Crippen molar-refractivity contribution in [1.82, 2.24) is 14.9 Å². The average molecular weight is 350 g/mol. The van der Waals surface area contributed by atoms with E-state index in [0.29, 0.717) is 26.8 Å². The van der Waals surface area contributed by atoms with Crippen LogP contribution >= 0.6 is 22.9 Å². The summed E-state index contributed by atoms with van der Waals surface area (Å²) in [5, 5.41) is 11.4. The third-order valence-electron chi connectivity index (χ3n) is 3.34. The van der Waals surface area contributed by atoms with Crippen LogP contribution in [0.2, 0.25) is 5.02 Å². The first-order valence-corrected chi connectivity index (χ1v) is 7.92. The van der Waals surface area contributed by atoms with Gasteiger partial charge in [-0.25, -0.2) is 9.78 Å². The minimum absolute atomic E-state index is 0.150. The molecule has 8 heteroatoms. The molecule has 0 spiro atoms. The van der Waals surface area contributed by atoms with E-state index in [4.69, 9.17) is 11.6 Å². The number of carbonyl (C=O) groups is 2. The molecule has 0 bridgehead atoms. The van der Waals surface area contributed by atoms with Crippen molar-refractivity contribution < 1.29 is 14.7 Å². The Morgan fingerprint density at radius 1 is 1.39 bits per heavy atom. The number of amides is 1. The zero-order valence-electron chi connectivity index (χ0n) is 12.0. The minimum atomic E-state index is -1.03. The zero-order chi connectivity index (χ0) is 16.6. The number of aromatic carboxylic acids is 1. The number of nitrogens with one attached hydrogen (secondary N) is 1. The van der Waals surface area contributed by atoms with E-state index in [0.717, 1.165) is 0 Å². The normalized spacial score (nSPS) is 10.9. The van der Waals surface area contributed by atoms with E-state index >= 15 is 0 Å². The van der Waals surface area contributed by atoms with Crippen molar-refractivity contribution >= 4 is 45.8 Å². The molecule has 0 fully saturated rings. The summed E-state index contributed by atoms with van der Waals surface area (Å²) in [6.45, 7) is 0.223. The van der Waals surface area contributed by atoms with Gasteiger partial charge >= 0.3 is 5.97 Å². The Kier molecular flexibility index (Phi) is 4.06. The predicted molar refractivity (Wildman–Crippen MR) is 88.2 cm³/mol. The summed E-state index contributed by atoms with van der Waals surface area (Å²) in [6.07, 6.45) is 0. The van der Waals surface area contributed by atoms with E-state index in [9.17, 15) is 14.7 Å². The van der Waals surface area contributed by atoms with E-state index in [1.165, 1.54) is 22.3 Å². The van der Waals surface area contributed by atoms with Gasteiger partial charge in [0.05, 0.1) is 28.2 Å². The number of para-hydroxylation sites is 1. The van der Waals surface area contributed by atoms with Crippen LogP contribution in [0.1, 0.15) is 25.9 Å². The van der Waals surface area contributed by atoms with E-state index in [-0.39, 0.29) is 18.0 Å². The molecule has 0 radical (unpaired) electrons. The maximum atomic E-state index is 12.3. The number of benzene rings is 1. The summed E-state index contributed by atoms with van der Waals surface area (Å²) < 4.78 is 0. The quantitative estimate of drug-likeness (QED) is 0.757. The Morgan fingerprint density at radius 2 is 2.17 bits per heavy atom. The van der Waals surface area contributed by atoms with Crippen molar-refractivity contribution in [3.05, 3.63) is 50.9 Å². The molecular formula is C15H12ClN3O3S. The van der Waals surface area contributed by atoms with Crippen LogP contribution in [0.15, 0.2) is 29.6 Å². The predicted octanol–water partition coefficient (Wildman–Crippen LogP) is 3.25. The number of carboxylic acids is 1. The Bertz CT molecular complexity index is 902. The van der Waals surface area contributed by atoms with Gasteiger partial charge in [-0.05, 0) is 23.6 Å². The third kappa shape index (κ3) is 2.93. The van der Waals surface area contributed by atoms with Gasteiger partial charge in [0.2, 0.25) is 0 Å². The van der Waals surface area contributed by atoms with Crippen LogP contribution in [-0.4, -0.2) is 38.9 Å². The second kappa shape index (κ2) is 6.02. The first kappa shape index (κ1) is 15.5. The minimum Gasteiger partial charge on any atom is -0.478 e. The lowest BCUT2D eigenvalue weighted by atomic mass is 10.2. The van der Waals surface area contributed by atoms with Crippen LogP contribution in [0.25, 0.3) is 11.0 Å². The van der Waals surface area contributed by atoms with Gasteiger partial charge in [-0.3, -0.25) is 4.79 Å². The van der Waals surface area contributed by atoms with E-state index in [1.54, 1.807) is 30.6 Å². The number of rotatable bonds is 4. The Morgan fingerprint density at radius 3 is 2.83 bits per heavy atom. The molecule has 118 valence electrons. The Balaban J connectivity index is 1.87. The van der Waals surface area contributed by atoms with E-state index in [1.807, 2.05) is 0 Å². The second-order valence-electron chi connectivity index (χ2n) is 4.95. The van der Waals surface area contributed by atoms with Gasteiger partial charge in [0.1, 0.15) is 10.7 Å². The first-order valence-electron chi connectivity index (χ1n) is 6.66. The molecule has 0 aliphatic rings. The zero-order valence-corrected chi connectivity index (χ0v) is 13.6. The lowest BCUT2D eigenvalue weighted by Gasteiger charge is -2.14. The molecule has 0 saturated carbocycles. The number of carboxylic acid groups (broad SMARTS) is 1. The lowest BCUT2D eigenvalue weighted by Crippen LogP contribution is -2.26. The number of H-pyrrole nitrogens is 1.